The van der Waals surface area contributed by atoms with E-state index < -0.39 is 10.0 Å². The molecule has 6 heteroatoms. The van der Waals surface area contributed by atoms with Crippen LogP contribution < -0.4 is 10.0 Å². The summed E-state index contributed by atoms with van der Waals surface area (Å²) in [6, 6.07) is 20.8. The first-order valence-electron chi connectivity index (χ1n) is 10.3. The number of halogens is 1. The van der Waals surface area contributed by atoms with Gasteiger partial charge in [0, 0.05) is 22.3 Å². The highest BCUT2D eigenvalue weighted by Crippen LogP contribution is 2.50. The van der Waals surface area contributed by atoms with Gasteiger partial charge in [-0.1, -0.05) is 48.0 Å². The maximum absolute atomic E-state index is 13.0. The zero-order valence-corrected chi connectivity index (χ0v) is 18.6. The number of allylic oxidation sites excluding steroid dienone is 2. The maximum atomic E-state index is 13.0. The van der Waals surface area contributed by atoms with Gasteiger partial charge in [0.25, 0.3) is 10.0 Å². The standard InChI is InChI=1S/C25H23ClN2O2S/c1-16-4-2-5-19(14-16)28-31(29,30)20-12-13-24-23(15-20)21-6-3-7-22(21)25(27-24)17-8-10-18(26)11-9-17/h2-6,8-15,21-22,25,27-28H,7H2,1H3/t21-,22+,25+/m0/s1. The molecule has 0 radical (unpaired) electrons. The van der Waals surface area contributed by atoms with E-state index >= 15 is 0 Å². The van der Waals surface area contributed by atoms with Gasteiger partial charge < -0.3 is 5.32 Å². The van der Waals surface area contributed by atoms with Gasteiger partial charge in [0.05, 0.1) is 10.9 Å². The number of hydrogen-bond acceptors (Lipinski definition) is 3. The summed E-state index contributed by atoms with van der Waals surface area (Å²) in [7, 11) is -3.68. The second kappa shape index (κ2) is 7.74. The zero-order chi connectivity index (χ0) is 21.6. The first-order valence-corrected chi connectivity index (χ1v) is 12.2. The molecule has 158 valence electrons. The highest BCUT2D eigenvalue weighted by atomic mass is 35.5. The Morgan fingerprint density at radius 3 is 2.61 bits per heavy atom. The fraction of sp³-hybridized carbons (Fsp3) is 0.200. The van der Waals surface area contributed by atoms with E-state index in [4.69, 9.17) is 11.6 Å². The average molecular weight is 451 g/mol. The normalized spacial score (nSPS) is 21.8. The Balaban J connectivity index is 1.49. The number of fused-ring (bicyclic) bond motifs is 3. The largest absolute Gasteiger partial charge is 0.378 e. The summed E-state index contributed by atoms with van der Waals surface area (Å²) in [5.41, 5.74) is 4.75. The summed E-state index contributed by atoms with van der Waals surface area (Å²) in [6.45, 7) is 1.94. The van der Waals surface area contributed by atoms with Crippen molar-refractivity contribution in [2.75, 3.05) is 10.0 Å². The first kappa shape index (κ1) is 20.2. The molecule has 4 nitrogen and oxygen atoms in total. The predicted molar refractivity (Wildman–Crippen MR) is 126 cm³/mol. The Morgan fingerprint density at radius 2 is 1.84 bits per heavy atom. The lowest BCUT2D eigenvalue weighted by molar-refractivity contribution is 0.425. The summed E-state index contributed by atoms with van der Waals surface area (Å²) in [4.78, 5) is 0.276. The Morgan fingerprint density at radius 1 is 1.03 bits per heavy atom. The van der Waals surface area contributed by atoms with Crippen LogP contribution in [0, 0.1) is 12.8 Å². The summed E-state index contributed by atoms with van der Waals surface area (Å²) in [6.07, 6.45) is 5.35. The molecular weight excluding hydrogens is 428 g/mol. The molecule has 3 aromatic carbocycles. The second-order valence-electron chi connectivity index (χ2n) is 8.25. The van der Waals surface area contributed by atoms with E-state index in [0.29, 0.717) is 11.6 Å². The number of hydrogen-bond donors (Lipinski definition) is 2. The van der Waals surface area contributed by atoms with E-state index in [1.165, 1.54) is 5.56 Å². The molecule has 0 spiro atoms. The van der Waals surface area contributed by atoms with Crippen LogP contribution in [-0.4, -0.2) is 8.42 Å². The van der Waals surface area contributed by atoms with E-state index in [-0.39, 0.29) is 16.9 Å². The third kappa shape index (κ3) is 3.84. The van der Waals surface area contributed by atoms with Gasteiger partial charge >= 0.3 is 0 Å². The van der Waals surface area contributed by atoms with Crippen LogP contribution in [0.5, 0.6) is 0 Å². The van der Waals surface area contributed by atoms with Crippen molar-refractivity contribution in [1.29, 1.82) is 0 Å². The molecule has 1 aliphatic heterocycles. The van der Waals surface area contributed by atoms with Crippen molar-refractivity contribution in [3.05, 3.63) is 101 Å². The first-order chi connectivity index (χ1) is 14.9. The zero-order valence-electron chi connectivity index (χ0n) is 17.0. The fourth-order valence-electron chi connectivity index (χ4n) is 4.66. The molecule has 2 aliphatic rings. The molecule has 0 fully saturated rings. The minimum atomic E-state index is -3.68. The summed E-state index contributed by atoms with van der Waals surface area (Å²) >= 11 is 6.07. The second-order valence-corrected chi connectivity index (χ2v) is 10.4. The van der Waals surface area contributed by atoms with Gasteiger partial charge in [-0.3, -0.25) is 4.72 Å². The van der Waals surface area contributed by atoms with E-state index in [0.717, 1.165) is 28.3 Å². The Kier molecular flexibility index (Phi) is 5.03. The Labute approximate surface area is 188 Å². The summed E-state index contributed by atoms with van der Waals surface area (Å²) < 4.78 is 28.8. The van der Waals surface area contributed by atoms with Crippen molar-refractivity contribution in [1.82, 2.24) is 0 Å². The lowest BCUT2D eigenvalue weighted by Gasteiger charge is -2.37. The van der Waals surface area contributed by atoms with Gasteiger partial charge in [-0.15, -0.1) is 0 Å². The van der Waals surface area contributed by atoms with Gasteiger partial charge in [0.1, 0.15) is 0 Å². The number of sulfonamides is 1. The lowest BCUT2D eigenvalue weighted by atomic mass is 9.77. The molecule has 5 rings (SSSR count). The molecule has 1 aliphatic carbocycles. The fourth-order valence-corrected chi connectivity index (χ4v) is 5.87. The molecule has 0 saturated carbocycles. The maximum Gasteiger partial charge on any atom is 0.261 e. The lowest BCUT2D eigenvalue weighted by Crippen LogP contribution is -2.29. The van der Waals surface area contributed by atoms with Crippen LogP contribution >= 0.6 is 11.6 Å². The van der Waals surface area contributed by atoms with E-state index in [9.17, 15) is 8.42 Å². The van der Waals surface area contributed by atoms with Gasteiger partial charge in [-0.2, -0.15) is 0 Å². The van der Waals surface area contributed by atoms with Crippen molar-refractivity contribution in [2.24, 2.45) is 5.92 Å². The Bertz CT molecular complexity index is 1270. The average Bonchev–Trinajstić information content (AvgIpc) is 3.23. The minimum Gasteiger partial charge on any atom is -0.378 e. The predicted octanol–water partition coefficient (Wildman–Crippen LogP) is 6.28. The summed E-state index contributed by atoms with van der Waals surface area (Å²) in [5.74, 6) is 0.502. The van der Waals surface area contributed by atoms with Crippen LogP contribution in [0.25, 0.3) is 0 Å². The van der Waals surface area contributed by atoms with Crippen LogP contribution in [0.2, 0.25) is 5.02 Å². The number of anilines is 2. The van der Waals surface area contributed by atoms with Crippen molar-refractivity contribution >= 4 is 33.0 Å². The van der Waals surface area contributed by atoms with Crippen molar-refractivity contribution in [3.8, 4) is 0 Å². The van der Waals surface area contributed by atoms with Crippen LogP contribution in [0.3, 0.4) is 0 Å². The topological polar surface area (TPSA) is 58.2 Å². The van der Waals surface area contributed by atoms with Gasteiger partial charge in [0.15, 0.2) is 0 Å². The Hall–Kier alpha value is -2.76. The highest BCUT2D eigenvalue weighted by molar-refractivity contribution is 7.92. The number of aryl methyl sites for hydroxylation is 1. The van der Waals surface area contributed by atoms with Crippen molar-refractivity contribution in [2.45, 2.75) is 30.2 Å². The van der Waals surface area contributed by atoms with E-state index in [2.05, 4.69) is 34.3 Å². The van der Waals surface area contributed by atoms with Gasteiger partial charge in [0.2, 0.25) is 0 Å². The van der Waals surface area contributed by atoms with E-state index in [1.54, 1.807) is 12.1 Å². The van der Waals surface area contributed by atoms with Crippen molar-refractivity contribution in [3.63, 3.8) is 0 Å². The smallest absolute Gasteiger partial charge is 0.261 e. The third-order valence-electron chi connectivity index (χ3n) is 6.14. The molecule has 0 bridgehead atoms. The minimum absolute atomic E-state index is 0.151. The van der Waals surface area contributed by atoms with Crippen LogP contribution in [-0.2, 0) is 10.0 Å². The molecule has 0 amide bonds. The van der Waals surface area contributed by atoms with Crippen LogP contribution in [0.1, 0.15) is 35.1 Å². The van der Waals surface area contributed by atoms with Crippen molar-refractivity contribution < 1.29 is 8.42 Å². The molecule has 2 N–H and O–H groups in total. The molecule has 31 heavy (non-hydrogen) atoms. The van der Waals surface area contributed by atoms with Crippen LogP contribution in [0.4, 0.5) is 11.4 Å². The molecular formula is C25H23ClN2O2S. The quantitative estimate of drug-likeness (QED) is 0.460. The molecule has 1 heterocycles. The number of rotatable bonds is 4. The van der Waals surface area contributed by atoms with Gasteiger partial charge in [-0.25, -0.2) is 8.42 Å². The summed E-state index contributed by atoms with van der Waals surface area (Å²) in [5, 5.41) is 4.36. The molecule has 3 atom stereocenters. The SMILES string of the molecule is Cc1cccc(NS(=O)(=O)c2ccc3c(c2)[C@H]2C=CC[C@H]2[C@@H](c2ccc(Cl)cc2)N3)c1. The number of nitrogens with one attached hydrogen (secondary N) is 2. The molecule has 0 aromatic heterocycles. The highest BCUT2D eigenvalue weighted by Gasteiger charge is 2.38. The molecule has 3 aromatic rings. The van der Waals surface area contributed by atoms with E-state index in [1.807, 2.05) is 49.4 Å². The number of benzene rings is 3. The molecule has 0 saturated heterocycles. The third-order valence-corrected chi connectivity index (χ3v) is 7.77. The van der Waals surface area contributed by atoms with Gasteiger partial charge in [-0.05, 0) is 78.4 Å². The molecule has 0 unspecified atom stereocenters. The van der Waals surface area contributed by atoms with Crippen LogP contribution in [0.15, 0.2) is 83.8 Å². The monoisotopic (exact) mass is 450 g/mol.